The molecule has 0 radical (unpaired) electrons. The molecule has 0 unspecified atom stereocenters. The molecule has 0 fully saturated rings. The second kappa shape index (κ2) is 6.34. The SMILES string of the molecule is c1ccc(CC2=NCCN2c2nc(-c3ccccc3)cs2)cc1. The Morgan fingerprint density at radius 1 is 0.957 bits per heavy atom. The topological polar surface area (TPSA) is 28.5 Å². The van der Waals surface area contributed by atoms with Gasteiger partial charge in [0.2, 0.25) is 0 Å². The van der Waals surface area contributed by atoms with Gasteiger partial charge in [-0.05, 0) is 5.56 Å². The van der Waals surface area contributed by atoms with E-state index in [1.165, 1.54) is 5.56 Å². The monoisotopic (exact) mass is 319 g/mol. The molecule has 2 aromatic carbocycles. The minimum Gasteiger partial charge on any atom is -0.304 e. The van der Waals surface area contributed by atoms with Crippen molar-refractivity contribution in [3.8, 4) is 11.3 Å². The molecule has 3 aromatic rings. The van der Waals surface area contributed by atoms with Crippen molar-refractivity contribution in [1.29, 1.82) is 0 Å². The first kappa shape index (κ1) is 14.2. The molecule has 23 heavy (non-hydrogen) atoms. The zero-order chi connectivity index (χ0) is 15.5. The first-order valence-electron chi connectivity index (χ1n) is 7.76. The zero-order valence-electron chi connectivity index (χ0n) is 12.7. The molecule has 0 atom stereocenters. The quantitative estimate of drug-likeness (QED) is 0.718. The molecule has 0 saturated carbocycles. The highest BCUT2D eigenvalue weighted by Gasteiger charge is 2.21. The summed E-state index contributed by atoms with van der Waals surface area (Å²) in [5, 5.41) is 3.17. The Kier molecular flexibility index (Phi) is 3.90. The maximum atomic E-state index is 4.82. The number of thiazole rings is 1. The molecule has 0 bridgehead atoms. The Balaban J connectivity index is 1.56. The molecule has 1 aliphatic heterocycles. The fraction of sp³-hybridized carbons (Fsp3) is 0.158. The Labute approximate surface area is 140 Å². The van der Waals surface area contributed by atoms with E-state index < -0.39 is 0 Å². The molecule has 1 aliphatic rings. The first-order valence-corrected chi connectivity index (χ1v) is 8.64. The van der Waals surface area contributed by atoms with Crippen LogP contribution in [0.1, 0.15) is 5.56 Å². The number of hydrogen-bond acceptors (Lipinski definition) is 4. The van der Waals surface area contributed by atoms with E-state index in [1.54, 1.807) is 11.3 Å². The molecule has 0 amide bonds. The molecule has 1 aromatic heterocycles. The summed E-state index contributed by atoms with van der Waals surface area (Å²) >= 11 is 1.69. The fourth-order valence-corrected chi connectivity index (χ4v) is 3.64. The summed E-state index contributed by atoms with van der Waals surface area (Å²) in [6.07, 6.45) is 0.862. The van der Waals surface area contributed by atoms with Crippen molar-refractivity contribution in [2.75, 3.05) is 18.0 Å². The molecule has 4 heteroatoms. The average molecular weight is 319 g/mol. The number of nitrogens with zero attached hydrogens (tertiary/aromatic N) is 3. The summed E-state index contributed by atoms with van der Waals surface area (Å²) in [4.78, 5) is 11.8. The van der Waals surface area contributed by atoms with Crippen LogP contribution in [0.3, 0.4) is 0 Å². The van der Waals surface area contributed by atoms with Gasteiger partial charge in [-0.25, -0.2) is 4.98 Å². The third kappa shape index (κ3) is 3.03. The van der Waals surface area contributed by atoms with Crippen LogP contribution in [-0.4, -0.2) is 23.9 Å². The second-order valence-electron chi connectivity index (χ2n) is 5.49. The highest BCUT2D eigenvalue weighted by atomic mass is 32.1. The second-order valence-corrected chi connectivity index (χ2v) is 6.33. The van der Waals surface area contributed by atoms with Gasteiger partial charge in [0.15, 0.2) is 5.13 Å². The van der Waals surface area contributed by atoms with Crippen molar-refractivity contribution in [2.45, 2.75) is 6.42 Å². The van der Waals surface area contributed by atoms with Crippen LogP contribution in [0.15, 0.2) is 71.0 Å². The van der Waals surface area contributed by atoms with Crippen LogP contribution in [0.4, 0.5) is 5.13 Å². The van der Waals surface area contributed by atoms with Crippen molar-refractivity contribution in [1.82, 2.24) is 4.98 Å². The summed E-state index contributed by atoms with van der Waals surface area (Å²) in [6, 6.07) is 20.8. The lowest BCUT2D eigenvalue weighted by atomic mass is 10.1. The summed E-state index contributed by atoms with van der Waals surface area (Å²) in [6.45, 7) is 1.77. The van der Waals surface area contributed by atoms with Crippen LogP contribution >= 0.6 is 11.3 Å². The lowest BCUT2D eigenvalue weighted by Gasteiger charge is -2.17. The smallest absolute Gasteiger partial charge is 0.191 e. The van der Waals surface area contributed by atoms with Gasteiger partial charge in [0.25, 0.3) is 0 Å². The minimum absolute atomic E-state index is 0.850. The van der Waals surface area contributed by atoms with Gasteiger partial charge in [0.05, 0.1) is 12.2 Å². The Morgan fingerprint density at radius 3 is 2.48 bits per heavy atom. The largest absolute Gasteiger partial charge is 0.304 e. The summed E-state index contributed by atoms with van der Waals surface area (Å²) < 4.78 is 0. The molecule has 114 valence electrons. The third-order valence-corrected chi connectivity index (χ3v) is 4.79. The Hall–Kier alpha value is -2.46. The van der Waals surface area contributed by atoms with Crippen molar-refractivity contribution in [3.05, 3.63) is 71.6 Å². The van der Waals surface area contributed by atoms with E-state index in [4.69, 9.17) is 4.98 Å². The predicted molar refractivity (Wildman–Crippen MR) is 97.3 cm³/mol. The number of hydrogen-bond donors (Lipinski definition) is 0. The average Bonchev–Trinajstić information content (AvgIpc) is 3.25. The maximum Gasteiger partial charge on any atom is 0.191 e. The van der Waals surface area contributed by atoms with Gasteiger partial charge >= 0.3 is 0 Å². The normalized spacial score (nSPS) is 14.1. The fourth-order valence-electron chi connectivity index (χ4n) is 2.76. The molecule has 0 saturated heterocycles. The van der Waals surface area contributed by atoms with Crippen LogP contribution in [0.2, 0.25) is 0 Å². The van der Waals surface area contributed by atoms with Crippen molar-refractivity contribution < 1.29 is 0 Å². The molecule has 0 spiro atoms. The van der Waals surface area contributed by atoms with E-state index in [0.29, 0.717) is 0 Å². The van der Waals surface area contributed by atoms with Crippen LogP contribution in [0.25, 0.3) is 11.3 Å². The van der Waals surface area contributed by atoms with Gasteiger partial charge < -0.3 is 4.90 Å². The molecular formula is C19H17N3S. The molecular weight excluding hydrogens is 302 g/mol. The zero-order valence-corrected chi connectivity index (χ0v) is 13.5. The lowest BCUT2D eigenvalue weighted by molar-refractivity contribution is 1.01. The van der Waals surface area contributed by atoms with Crippen molar-refractivity contribution in [3.63, 3.8) is 0 Å². The van der Waals surface area contributed by atoms with E-state index >= 15 is 0 Å². The van der Waals surface area contributed by atoms with Gasteiger partial charge in [-0.3, -0.25) is 4.99 Å². The van der Waals surface area contributed by atoms with Crippen LogP contribution in [0.5, 0.6) is 0 Å². The van der Waals surface area contributed by atoms with Crippen LogP contribution in [-0.2, 0) is 6.42 Å². The standard InChI is InChI=1S/C19H17N3S/c1-3-7-15(8-4-1)13-18-20-11-12-22(18)19-21-17(14-23-19)16-9-5-2-6-10-16/h1-10,14H,11-13H2. The number of benzene rings is 2. The van der Waals surface area contributed by atoms with Gasteiger partial charge in [-0.2, -0.15) is 0 Å². The number of amidine groups is 1. The van der Waals surface area contributed by atoms with E-state index in [1.807, 2.05) is 24.3 Å². The number of rotatable bonds is 4. The van der Waals surface area contributed by atoms with E-state index in [2.05, 4.69) is 51.7 Å². The van der Waals surface area contributed by atoms with E-state index in [-0.39, 0.29) is 0 Å². The first-order chi connectivity index (χ1) is 11.4. The highest BCUT2D eigenvalue weighted by Crippen LogP contribution is 2.29. The van der Waals surface area contributed by atoms with Gasteiger partial charge in [0.1, 0.15) is 5.84 Å². The van der Waals surface area contributed by atoms with Gasteiger partial charge in [-0.1, -0.05) is 60.7 Å². The van der Waals surface area contributed by atoms with E-state index in [9.17, 15) is 0 Å². The third-order valence-electron chi connectivity index (χ3n) is 3.93. The Morgan fingerprint density at radius 2 is 1.70 bits per heavy atom. The van der Waals surface area contributed by atoms with E-state index in [0.717, 1.165) is 41.7 Å². The van der Waals surface area contributed by atoms with Crippen molar-refractivity contribution >= 4 is 22.3 Å². The Bertz CT molecular complexity index is 809. The lowest BCUT2D eigenvalue weighted by Crippen LogP contribution is -2.28. The van der Waals surface area contributed by atoms with Gasteiger partial charge in [0, 0.05) is 23.9 Å². The molecule has 3 nitrogen and oxygen atoms in total. The number of anilines is 1. The molecule has 2 heterocycles. The predicted octanol–water partition coefficient (Wildman–Crippen LogP) is 4.27. The summed E-state index contributed by atoms with van der Waals surface area (Å²) in [5.74, 6) is 1.12. The summed E-state index contributed by atoms with van der Waals surface area (Å²) in [7, 11) is 0. The highest BCUT2D eigenvalue weighted by molar-refractivity contribution is 7.14. The minimum atomic E-state index is 0.850. The molecule has 0 aliphatic carbocycles. The molecule has 0 N–H and O–H groups in total. The number of aromatic nitrogens is 1. The molecule has 4 rings (SSSR count). The maximum absolute atomic E-state index is 4.82. The van der Waals surface area contributed by atoms with Gasteiger partial charge in [-0.15, -0.1) is 11.3 Å². The number of aliphatic imine (C=N–C) groups is 1. The van der Waals surface area contributed by atoms with Crippen LogP contribution in [0, 0.1) is 0 Å². The van der Waals surface area contributed by atoms with Crippen LogP contribution < -0.4 is 4.90 Å². The summed E-state index contributed by atoms with van der Waals surface area (Å²) in [5.41, 5.74) is 3.49. The van der Waals surface area contributed by atoms with Crippen molar-refractivity contribution in [2.24, 2.45) is 4.99 Å².